The third kappa shape index (κ3) is 3.11. The van der Waals surface area contributed by atoms with Crippen molar-refractivity contribution in [3.8, 4) is 0 Å². The lowest BCUT2D eigenvalue weighted by Crippen LogP contribution is -2.22. The minimum Gasteiger partial charge on any atom is -0.357 e. The molecule has 2 aliphatic rings. The summed E-state index contributed by atoms with van der Waals surface area (Å²) in [5.74, 6) is 1.08. The quantitative estimate of drug-likeness (QED) is 0.938. The van der Waals surface area contributed by atoms with Crippen LogP contribution in [0.5, 0.6) is 0 Å². The highest BCUT2D eigenvalue weighted by Gasteiger charge is 2.18. The molecule has 0 aromatic carbocycles. The van der Waals surface area contributed by atoms with Crippen molar-refractivity contribution in [1.82, 2.24) is 10.3 Å². The van der Waals surface area contributed by atoms with E-state index in [1.807, 2.05) is 6.20 Å². The monoisotopic (exact) mass is 327 g/mol. The van der Waals surface area contributed by atoms with Gasteiger partial charge >= 0.3 is 0 Å². The first-order valence-electron chi connectivity index (χ1n) is 8.39. The second-order valence-electron chi connectivity index (χ2n) is 6.31. The molecule has 1 aliphatic heterocycles. The molecule has 0 spiro atoms. The number of nitrogens with one attached hydrogen (secondary N) is 1. The molecule has 2 aromatic heterocycles. The van der Waals surface area contributed by atoms with Gasteiger partial charge in [0.1, 0.15) is 5.82 Å². The van der Waals surface area contributed by atoms with Crippen molar-refractivity contribution in [2.24, 2.45) is 0 Å². The van der Waals surface area contributed by atoms with Gasteiger partial charge < -0.3 is 10.2 Å². The minimum absolute atomic E-state index is 0.0352. The molecule has 1 N–H and O–H groups in total. The summed E-state index contributed by atoms with van der Waals surface area (Å²) in [6.45, 7) is 2.74. The number of aromatic nitrogens is 1. The van der Waals surface area contributed by atoms with E-state index < -0.39 is 0 Å². The van der Waals surface area contributed by atoms with Gasteiger partial charge in [0.15, 0.2) is 0 Å². The molecule has 0 bridgehead atoms. The van der Waals surface area contributed by atoms with Gasteiger partial charge in [-0.25, -0.2) is 4.98 Å². The molecule has 0 atom stereocenters. The summed E-state index contributed by atoms with van der Waals surface area (Å²) in [7, 11) is 0. The van der Waals surface area contributed by atoms with E-state index in [9.17, 15) is 4.79 Å². The number of carbonyl (C=O) groups is 1. The number of fused-ring (bicyclic) bond motifs is 1. The van der Waals surface area contributed by atoms with Crippen molar-refractivity contribution in [1.29, 1.82) is 0 Å². The fraction of sp³-hybridized carbons (Fsp3) is 0.444. The van der Waals surface area contributed by atoms with E-state index in [0.717, 1.165) is 42.2 Å². The van der Waals surface area contributed by atoms with Gasteiger partial charge in [-0.15, -0.1) is 11.3 Å². The van der Waals surface area contributed by atoms with E-state index in [-0.39, 0.29) is 5.91 Å². The van der Waals surface area contributed by atoms with E-state index in [2.05, 4.69) is 33.4 Å². The summed E-state index contributed by atoms with van der Waals surface area (Å²) < 4.78 is 0. The van der Waals surface area contributed by atoms with E-state index in [0.29, 0.717) is 6.54 Å². The van der Waals surface area contributed by atoms with Crippen molar-refractivity contribution in [3.63, 3.8) is 0 Å². The smallest absolute Gasteiger partial charge is 0.261 e. The molecule has 5 heteroatoms. The molecule has 0 radical (unpaired) electrons. The average molecular weight is 327 g/mol. The average Bonchev–Trinajstić information content (AvgIpc) is 3.29. The Morgan fingerprint density at radius 1 is 1.22 bits per heavy atom. The predicted molar refractivity (Wildman–Crippen MR) is 93.2 cm³/mol. The third-order valence-electron chi connectivity index (χ3n) is 4.66. The topological polar surface area (TPSA) is 45.2 Å². The van der Waals surface area contributed by atoms with Gasteiger partial charge in [-0.3, -0.25) is 4.79 Å². The largest absolute Gasteiger partial charge is 0.357 e. The molecule has 4 nitrogen and oxygen atoms in total. The highest BCUT2D eigenvalue weighted by molar-refractivity contribution is 7.14. The Balaban J connectivity index is 1.35. The number of aryl methyl sites for hydroxylation is 2. The van der Waals surface area contributed by atoms with Gasteiger partial charge in [-0.1, -0.05) is 6.07 Å². The van der Waals surface area contributed by atoms with Gasteiger partial charge in [-0.05, 0) is 55.4 Å². The third-order valence-corrected chi connectivity index (χ3v) is 5.90. The Bertz CT molecular complexity index is 680. The number of thiophene rings is 1. The van der Waals surface area contributed by atoms with Crippen molar-refractivity contribution >= 4 is 23.1 Å². The molecule has 1 saturated heterocycles. The van der Waals surface area contributed by atoms with Crippen LogP contribution in [0.4, 0.5) is 5.82 Å². The van der Waals surface area contributed by atoms with Crippen LogP contribution in [0.15, 0.2) is 24.4 Å². The second kappa shape index (κ2) is 6.32. The number of anilines is 1. The molecule has 1 fully saturated rings. The summed E-state index contributed by atoms with van der Waals surface area (Å²) in [5, 5.41) is 3.01. The molecule has 0 saturated carbocycles. The Hall–Kier alpha value is -1.88. The molecule has 2 aromatic rings. The summed E-state index contributed by atoms with van der Waals surface area (Å²) in [4.78, 5) is 21.4. The Morgan fingerprint density at radius 2 is 2.09 bits per heavy atom. The highest BCUT2D eigenvalue weighted by Crippen LogP contribution is 2.30. The zero-order valence-electron chi connectivity index (χ0n) is 13.2. The maximum absolute atomic E-state index is 12.3. The molecule has 0 unspecified atom stereocenters. The summed E-state index contributed by atoms with van der Waals surface area (Å²) in [6, 6.07) is 6.19. The van der Waals surface area contributed by atoms with Crippen LogP contribution in [-0.2, 0) is 19.4 Å². The molecule has 3 heterocycles. The fourth-order valence-electron chi connectivity index (χ4n) is 3.36. The standard InChI is InChI=1S/C18H21N3OS/c22-18(16-10-14-4-3-5-15(14)23-16)20-12-13-6-7-17(19-11-13)21-8-1-2-9-21/h6-7,10-11H,1-5,8-9,12H2,(H,20,22). The lowest BCUT2D eigenvalue weighted by atomic mass is 10.2. The number of carbonyl (C=O) groups excluding carboxylic acids is 1. The zero-order valence-corrected chi connectivity index (χ0v) is 14.0. The molecule has 120 valence electrons. The van der Waals surface area contributed by atoms with E-state index in [1.165, 1.54) is 29.7 Å². The Labute approximate surface area is 140 Å². The molecular formula is C18H21N3OS. The number of hydrogen-bond donors (Lipinski definition) is 1. The van der Waals surface area contributed by atoms with E-state index in [1.54, 1.807) is 11.3 Å². The minimum atomic E-state index is 0.0352. The van der Waals surface area contributed by atoms with Crippen LogP contribution in [-0.4, -0.2) is 24.0 Å². The van der Waals surface area contributed by atoms with Crippen LogP contribution >= 0.6 is 11.3 Å². The van der Waals surface area contributed by atoms with E-state index >= 15 is 0 Å². The van der Waals surface area contributed by atoms with Crippen LogP contribution in [0.25, 0.3) is 0 Å². The van der Waals surface area contributed by atoms with Crippen LogP contribution < -0.4 is 10.2 Å². The summed E-state index contributed by atoms with van der Waals surface area (Å²) in [6.07, 6.45) is 7.88. The molecular weight excluding hydrogens is 306 g/mol. The maximum Gasteiger partial charge on any atom is 0.261 e. The molecule has 4 rings (SSSR count). The number of rotatable bonds is 4. The Kier molecular flexibility index (Phi) is 4.04. The SMILES string of the molecule is O=C(NCc1ccc(N2CCCC2)nc1)c1cc2c(s1)CCC2. The van der Waals surface area contributed by atoms with Crippen LogP contribution in [0.2, 0.25) is 0 Å². The van der Waals surface area contributed by atoms with Gasteiger partial charge in [-0.2, -0.15) is 0 Å². The molecule has 1 aliphatic carbocycles. The van der Waals surface area contributed by atoms with Gasteiger partial charge in [0.25, 0.3) is 5.91 Å². The predicted octanol–water partition coefficient (Wildman–Crippen LogP) is 3.16. The van der Waals surface area contributed by atoms with Gasteiger partial charge in [0, 0.05) is 30.7 Å². The highest BCUT2D eigenvalue weighted by atomic mass is 32.1. The lowest BCUT2D eigenvalue weighted by molar-refractivity contribution is 0.0955. The second-order valence-corrected chi connectivity index (χ2v) is 7.45. The van der Waals surface area contributed by atoms with Crippen molar-refractivity contribution in [2.45, 2.75) is 38.6 Å². The van der Waals surface area contributed by atoms with Crippen LogP contribution in [0.3, 0.4) is 0 Å². The van der Waals surface area contributed by atoms with Gasteiger partial charge in [0.05, 0.1) is 4.88 Å². The number of pyridine rings is 1. The first kappa shape index (κ1) is 14.7. The normalized spacial score (nSPS) is 16.6. The van der Waals surface area contributed by atoms with Crippen LogP contribution in [0.1, 0.15) is 44.9 Å². The van der Waals surface area contributed by atoms with Crippen LogP contribution in [0, 0.1) is 0 Å². The molecule has 1 amide bonds. The zero-order chi connectivity index (χ0) is 15.6. The molecule has 23 heavy (non-hydrogen) atoms. The Morgan fingerprint density at radius 3 is 2.83 bits per heavy atom. The summed E-state index contributed by atoms with van der Waals surface area (Å²) >= 11 is 1.65. The van der Waals surface area contributed by atoms with Crippen molar-refractivity contribution in [2.75, 3.05) is 18.0 Å². The number of amides is 1. The van der Waals surface area contributed by atoms with E-state index in [4.69, 9.17) is 0 Å². The van der Waals surface area contributed by atoms with Crippen molar-refractivity contribution < 1.29 is 4.79 Å². The summed E-state index contributed by atoms with van der Waals surface area (Å²) in [5.41, 5.74) is 2.42. The fourth-order valence-corrected chi connectivity index (χ4v) is 4.53. The maximum atomic E-state index is 12.3. The van der Waals surface area contributed by atoms with Gasteiger partial charge in [0.2, 0.25) is 0 Å². The number of hydrogen-bond acceptors (Lipinski definition) is 4. The first-order chi connectivity index (χ1) is 11.3. The first-order valence-corrected chi connectivity index (χ1v) is 9.21. The number of nitrogens with zero attached hydrogens (tertiary/aromatic N) is 2. The lowest BCUT2D eigenvalue weighted by Gasteiger charge is -2.16. The van der Waals surface area contributed by atoms with Crippen molar-refractivity contribution in [3.05, 3.63) is 45.3 Å².